The molecule has 6 nitrogen and oxygen atoms in total. The van der Waals surface area contributed by atoms with Crippen molar-refractivity contribution in [3.63, 3.8) is 0 Å². The molecule has 0 spiro atoms. The van der Waals surface area contributed by atoms with Gasteiger partial charge in [0.15, 0.2) is 5.82 Å². The fraction of sp³-hybridized carbons (Fsp3) is 0.538. The SMILES string of the molecule is CCN1CCN(c2nccc(C(=O)O)c2N)CC1C. The second-order valence-electron chi connectivity index (χ2n) is 4.82. The van der Waals surface area contributed by atoms with Gasteiger partial charge in [-0.2, -0.15) is 0 Å². The maximum absolute atomic E-state index is 11.1. The number of nitrogens with zero attached hydrogens (tertiary/aromatic N) is 3. The van der Waals surface area contributed by atoms with Crippen molar-refractivity contribution in [2.75, 3.05) is 36.8 Å². The standard InChI is InChI=1S/C13H20N4O2/c1-3-16-6-7-17(8-9(16)2)12-11(14)10(13(18)19)4-5-15-12/h4-5,9H,3,6-8,14H2,1-2H3,(H,18,19). The lowest BCUT2D eigenvalue weighted by Crippen LogP contribution is -2.52. The summed E-state index contributed by atoms with van der Waals surface area (Å²) in [6.07, 6.45) is 1.51. The van der Waals surface area contributed by atoms with Gasteiger partial charge >= 0.3 is 5.97 Å². The van der Waals surface area contributed by atoms with Crippen molar-refractivity contribution in [1.29, 1.82) is 0 Å². The Morgan fingerprint density at radius 3 is 2.89 bits per heavy atom. The smallest absolute Gasteiger partial charge is 0.337 e. The molecule has 0 aliphatic carbocycles. The van der Waals surface area contributed by atoms with Gasteiger partial charge in [-0.3, -0.25) is 4.90 Å². The van der Waals surface area contributed by atoms with Crippen LogP contribution >= 0.6 is 0 Å². The highest BCUT2D eigenvalue weighted by Gasteiger charge is 2.25. The van der Waals surface area contributed by atoms with Gasteiger partial charge in [-0.05, 0) is 19.5 Å². The third-order valence-electron chi connectivity index (χ3n) is 3.67. The fourth-order valence-electron chi connectivity index (χ4n) is 2.56. The summed E-state index contributed by atoms with van der Waals surface area (Å²) in [5, 5.41) is 9.09. The summed E-state index contributed by atoms with van der Waals surface area (Å²) in [7, 11) is 0. The number of piperazine rings is 1. The van der Waals surface area contributed by atoms with Crippen LogP contribution in [-0.2, 0) is 0 Å². The number of hydrogen-bond acceptors (Lipinski definition) is 5. The molecule has 0 aromatic carbocycles. The van der Waals surface area contributed by atoms with E-state index in [0.717, 1.165) is 26.2 Å². The van der Waals surface area contributed by atoms with Crippen LogP contribution < -0.4 is 10.6 Å². The van der Waals surface area contributed by atoms with Gasteiger partial charge in [0.1, 0.15) is 0 Å². The van der Waals surface area contributed by atoms with Gasteiger partial charge in [-0.15, -0.1) is 0 Å². The average molecular weight is 264 g/mol. The number of carboxylic acids is 1. The Balaban J connectivity index is 2.24. The molecule has 104 valence electrons. The zero-order chi connectivity index (χ0) is 14.0. The largest absolute Gasteiger partial charge is 0.478 e. The van der Waals surface area contributed by atoms with Crippen molar-refractivity contribution >= 4 is 17.5 Å². The van der Waals surface area contributed by atoms with Gasteiger partial charge in [-0.1, -0.05) is 6.92 Å². The van der Waals surface area contributed by atoms with Crippen molar-refractivity contribution in [1.82, 2.24) is 9.88 Å². The monoisotopic (exact) mass is 264 g/mol. The molecule has 1 aliphatic rings. The van der Waals surface area contributed by atoms with Crippen LogP contribution in [0.3, 0.4) is 0 Å². The van der Waals surface area contributed by atoms with E-state index in [-0.39, 0.29) is 11.3 Å². The highest BCUT2D eigenvalue weighted by Crippen LogP contribution is 2.26. The number of nitrogen functional groups attached to an aromatic ring is 1. The second-order valence-corrected chi connectivity index (χ2v) is 4.82. The van der Waals surface area contributed by atoms with E-state index in [1.165, 1.54) is 12.3 Å². The normalized spacial score (nSPS) is 20.5. The molecule has 1 aromatic rings. The second kappa shape index (κ2) is 5.44. The topological polar surface area (TPSA) is 82.7 Å². The molecular formula is C13H20N4O2. The summed E-state index contributed by atoms with van der Waals surface area (Å²) < 4.78 is 0. The van der Waals surface area contributed by atoms with Crippen LogP contribution in [-0.4, -0.2) is 53.2 Å². The number of rotatable bonds is 3. The van der Waals surface area contributed by atoms with Crippen LogP contribution in [0.2, 0.25) is 0 Å². The molecule has 0 amide bonds. The minimum absolute atomic E-state index is 0.121. The lowest BCUT2D eigenvalue weighted by atomic mass is 10.1. The van der Waals surface area contributed by atoms with E-state index >= 15 is 0 Å². The first-order chi connectivity index (χ1) is 9.04. The minimum atomic E-state index is -1.01. The Labute approximate surface area is 112 Å². The number of likely N-dealkylation sites (N-methyl/N-ethyl adjacent to an activating group) is 1. The molecule has 2 rings (SSSR count). The maximum Gasteiger partial charge on any atom is 0.337 e. The van der Waals surface area contributed by atoms with Crippen molar-refractivity contribution in [3.05, 3.63) is 17.8 Å². The Hall–Kier alpha value is -1.82. The molecule has 1 atom stereocenters. The van der Waals surface area contributed by atoms with Crippen molar-refractivity contribution < 1.29 is 9.90 Å². The number of carbonyl (C=O) groups is 1. The molecule has 1 fully saturated rings. The minimum Gasteiger partial charge on any atom is -0.478 e. The molecule has 1 unspecified atom stereocenters. The zero-order valence-corrected chi connectivity index (χ0v) is 11.3. The first-order valence-corrected chi connectivity index (χ1v) is 6.51. The van der Waals surface area contributed by atoms with Crippen LogP contribution in [0.1, 0.15) is 24.2 Å². The quantitative estimate of drug-likeness (QED) is 0.843. The number of aromatic carboxylic acids is 1. The number of anilines is 2. The van der Waals surface area contributed by atoms with Crippen molar-refractivity contribution in [3.8, 4) is 0 Å². The van der Waals surface area contributed by atoms with Gasteiger partial charge in [0.25, 0.3) is 0 Å². The summed E-state index contributed by atoms with van der Waals surface area (Å²) in [6.45, 7) is 7.90. The Morgan fingerprint density at radius 1 is 1.58 bits per heavy atom. The van der Waals surface area contributed by atoms with Gasteiger partial charge < -0.3 is 15.7 Å². The predicted octanol–water partition coefficient (Wildman–Crippen LogP) is 0.892. The summed E-state index contributed by atoms with van der Waals surface area (Å²) >= 11 is 0. The maximum atomic E-state index is 11.1. The van der Waals surface area contributed by atoms with Crippen molar-refractivity contribution in [2.24, 2.45) is 0 Å². The highest BCUT2D eigenvalue weighted by atomic mass is 16.4. The molecule has 19 heavy (non-hydrogen) atoms. The summed E-state index contributed by atoms with van der Waals surface area (Å²) in [4.78, 5) is 19.8. The van der Waals surface area contributed by atoms with E-state index in [4.69, 9.17) is 10.8 Å². The highest BCUT2D eigenvalue weighted by molar-refractivity contribution is 5.96. The van der Waals surface area contributed by atoms with Crippen LogP contribution in [0, 0.1) is 0 Å². The molecule has 2 heterocycles. The number of carboxylic acid groups (broad SMARTS) is 1. The van der Waals surface area contributed by atoms with Crippen LogP contribution in [0.15, 0.2) is 12.3 Å². The van der Waals surface area contributed by atoms with Crippen LogP contribution in [0.4, 0.5) is 11.5 Å². The molecule has 1 saturated heterocycles. The number of aromatic nitrogens is 1. The summed E-state index contributed by atoms with van der Waals surface area (Å²) in [6, 6.07) is 1.85. The molecule has 0 saturated carbocycles. The lowest BCUT2D eigenvalue weighted by molar-refractivity contribution is 0.0698. The molecule has 6 heteroatoms. The van der Waals surface area contributed by atoms with E-state index < -0.39 is 5.97 Å². The number of nitrogens with two attached hydrogens (primary N) is 1. The van der Waals surface area contributed by atoms with E-state index in [1.54, 1.807) is 0 Å². The van der Waals surface area contributed by atoms with Crippen LogP contribution in [0.5, 0.6) is 0 Å². The first kappa shape index (κ1) is 13.6. The number of hydrogen-bond donors (Lipinski definition) is 2. The average Bonchev–Trinajstić information content (AvgIpc) is 2.38. The molecule has 1 aromatic heterocycles. The van der Waals surface area contributed by atoms with Gasteiger partial charge in [0.05, 0.1) is 11.3 Å². The Kier molecular flexibility index (Phi) is 3.90. The Morgan fingerprint density at radius 2 is 2.32 bits per heavy atom. The van der Waals surface area contributed by atoms with Gasteiger partial charge in [0, 0.05) is 31.9 Å². The summed E-state index contributed by atoms with van der Waals surface area (Å²) in [5.74, 6) is -0.427. The van der Waals surface area contributed by atoms with Crippen molar-refractivity contribution in [2.45, 2.75) is 19.9 Å². The molecule has 1 aliphatic heterocycles. The van der Waals surface area contributed by atoms with E-state index in [1.807, 2.05) is 0 Å². The Bertz CT molecular complexity index is 478. The number of pyridine rings is 1. The lowest BCUT2D eigenvalue weighted by Gasteiger charge is -2.40. The van der Waals surface area contributed by atoms with Gasteiger partial charge in [-0.25, -0.2) is 9.78 Å². The van der Waals surface area contributed by atoms with E-state index in [9.17, 15) is 4.79 Å². The molecule has 0 radical (unpaired) electrons. The fourth-order valence-corrected chi connectivity index (χ4v) is 2.56. The van der Waals surface area contributed by atoms with E-state index in [2.05, 4.69) is 28.6 Å². The molecule has 0 bridgehead atoms. The van der Waals surface area contributed by atoms with Gasteiger partial charge in [0.2, 0.25) is 0 Å². The third kappa shape index (κ3) is 2.63. The zero-order valence-electron chi connectivity index (χ0n) is 11.3. The molecule has 3 N–H and O–H groups in total. The van der Waals surface area contributed by atoms with Crippen LogP contribution in [0.25, 0.3) is 0 Å². The third-order valence-corrected chi connectivity index (χ3v) is 3.67. The van der Waals surface area contributed by atoms with E-state index in [0.29, 0.717) is 11.9 Å². The first-order valence-electron chi connectivity index (χ1n) is 6.51. The molecular weight excluding hydrogens is 244 g/mol. The summed E-state index contributed by atoms with van der Waals surface area (Å²) in [5.41, 5.74) is 6.31. The predicted molar refractivity (Wildman–Crippen MR) is 74.5 cm³/mol.